The Balaban J connectivity index is 1.70. The third-order valence-electron chi connectivity index (χ3n) is 5.31. The van der Waals surface area contributed by atoms with E-state index in [1.807, 2.05) is 0 Å². The Bertz CT molecular complexity index is 1490. The van der Waals surface area contributed by atoms with Crippen LogP contribution in [0.1, 0.15) is 37.6 Å². The van der Waals surface area contributed by atoms with Crippen molar-refractivity contribution in [3.05, 3.63) is 62.1 Å². The summed E-state index contributed by atoms with van der Waals surface area (Å²) in [6.45, 7) is 6.02. The first kappa shape index (κ1) is 23.4. The van der Waals surface area contributed by atoms with Gasteiger partial charge in [0.05, 0.1) is 23.4 Å². The number of ether oxygens (including phenoxy) is 1. The van der Waals surface area contributed by atoms with Gasteiger partial charge in [-0.05, 0) is 42.8 Å². The summed E-state index contributed by atoms with van der Waals surface area (Å²) >= 11 is 1.27. The van der Waals surface area contributed by atoms with Crippen LogP contribution in [0.15, 0.2) is 45.3 Å². The van der Waals surface area contributed by atoms with Crippen molar-refractivity contribution in [3.8, 4) is 0 Å². The van der Waals surface area contributed by atoms with Crippen molar-refractivity contribution in [3.63, 3.8) is 0 Å². The van der Waals surface area contributed by atoms with Crippen LogP contribution in [-0.2, 0) is 22.6 Å². The van der Waals surface area contributed by atoms with Gasteiger partial charge in [-0.25, -0.2) is 18.7 Å². The lowest BCUT2D eigenvalue weighted by atomic mass is 10.1. The van der Waals surface area contributed by atoms with E-state index in [9.17, 15) is 19.2 Å². The van der Waals surface area contributed by atoms with Crippen LogP contribution in [0.4, 0.5) is 5.69 Å². The van der Waals surface area contributed by atoms with E-state index in [0.717, 1.165) is 11.1 Å². The van der Waals surface area contributed by atoms with Crippen LogP contribution in [-0.4, -0.2) is 37.2 Å². The van der Waals surface area contributed by atoms with Crippen LogP contribution in [0.5, 0.6) is 0 Å². The summed E-state index contributed by atoms with van der Waals surface area (Å²) in [4.78, 5) is 51.2. The molecule has 4 rings (SSSR count). The molecule has 1 aromatic carbocycles. The summed E-state index contributed by atoms with van der Waals surface area (Å²) in [6.07, 6.45) is 0.735. The quantitative estimate of drug-likeness (QED) is 0.385. The lowest BCUT2D eigenvalue weighted by Crippen LogP contribution is -2.29. The highest BCUT2D eigenvalue weighted by atomic mass is 32.1. The van der Waals surface area contributed by atoms with E-state index in [0.29, 0.717) is 22.7 Å². The number of rotatable bonds is 8. The lowest BCUT2D eigenvalue weighted by Gasteiger charge is -2.10. The summed E-state index contributed by atoms with van der Waals surface area (Å²) in [7, 11) is 0. The van der Waals surface area contributed by atoms with Gasteiger partial charge in [-0.15, -0.1) is 16.4 Å². The molecule has 34 heavy (non-hydrogen) atoms. The average molecular weight is 484 g/mol. The summed E-state index contributed by atoms with van der Waals surface area (Å²) < 4.78 is 9.38. The molecule has 0 spiro atoms. The lowest BCUT2D eigenvalue weighted by molar-refractivity contribution is -0.117. The zero-order valence-corrected chi connectivity index (χ0v) is 19.9. The monoisotopic (exact) mass is 483 g/mol. The van der Waals surface area contributed by atoms with Crippen LogP contribution in [0.3, 0.4) is 0 Å². The van der Waals surface area contributed by atoms with Gasteiger partial charge in [-0.3, -0.25) is 14.2 Å². The molecule has 11 heteroatoms. The number of esters is 1. The Kier molecular flexibility index (Phi) is 6.64. The van der Waals surface area contributed by atoms with Crippen molar-refractivity contribution in [1.82, 2.24) is 18.7 Å². The highest BCUT2D eigenvalue weighted by Crippen LogP contribution is 2.18. The van der Waals surface area contributed by atoms with E-state index in [1.54, 1.807) is 42.6 Å². The molecule has 178 valence electrons. The summed E-state index contributed by atoms with van der Waals surface area (Å²) in [5.41, 5.74) is 0.225. The van der Waals surface area contributed by atoms with Gasteiger partial charge < -0.3 is 10.1 Å². The minimum atomic E-state index is -0.558. The Labute approximate surface area is 198 Å². The smallest absolute Gasteiger partial charge is 0.352 e. The Morgan fingerprint density at radius 2 is 1.94 bits per heavy atom. The molecular formula is C23H25N5O5S. The van der Waals surface area contributed by atoms with Crippen LogP contribution in [0.25, 0.3) is 16.0 Å². The number of nitrogens with one attached hydrogen (secondary N) is 1. The van der Waals surface area contributed by atoms with Crippen molar-refractivity contribution in [2.24, 2.45) is 5.92 Å². The molecule has 0 bridgehead atoms. The van der Waals surface area contributed by atoms with Crippen molar-refractivity contribution >= 4 is 44.9 Å². The number of carbonyl (C=O) groups is 2. The number of fused-ring (bicyclic) bond motifs is 3. The molecule has 0 fully saturated rings. The Morgan fingerprint density at radius 1 is 1.18 bits per heavy atom. The molecular weight excluding hydrogens is 458 g/mol. The number of carbonyl (C=O) groups excluding carboxylic acids is 2. The zero-order chi connectivity index (χ0) is 24.4. The first-order valence-corrected chi connectivity index (χ1v) is 11.8. The van der Waals surface area contributed by atoms with Crippen molar-refractivity contribution in [2.75, 3.05) is 11.9 Å². The van der Waals surface area contributed by atoms with Crippen molar-refractivity contribution < 1.29 is 14.3 Å². The molecule has 10 nitrogen and oxygen atoms in total. The minimum Gasteiger partial charge on any atom is -0.462 e. The molecule has 3 aromatic heterocycles. The summed E-state index contributed by atoms with van der Waals surface area (Å²) in [5.74, 6) is -0.552. The number of nitrogens with zero attached hydrogens (tertiary/aromatic N) is 4. The maximum absolute atomic E-state index is 13.2. The molecule has 0 aliphatic heterocycles. The molecule has 0 atom stereocenters. The molecule has 0 unspecified atom stereocenters. The van der Waals surface area contributed by atoms with Gasteiger partial charge in [-0.2, -0.15) is 0 Å². The maximum Gasteiger partial charge on any atom is 0.352 e. The number of para-hydroxylation sites is 1. The number of aromatic nitrogens is 4. The zero-order valence-electron chi connectivity index (χ0n) is 19.1. The first-order chi connectivity index (χ1) is 16.3. The highest BCUT2D eigenvalue weighted by Gasteiger charge is 2.20. The van der Waals surface area contributed by atoms with Gasteiger partial charge >= 0.3 is 11.7 Å². The second-order valence-electron chi connectivity index (χ2n) is 8.16. The van der Waals surface area contributed by atoms with E-state index >= 15 is 0 Å². The second kappa shape index (κ2) is 9.64. The molecule has 3 heterocycles. The second-order valence-corrected chi connectivity index (χ2v) is 9.08. The fourth-order valence-corrected chi connectivity index (χ4v) is 4.45. The molecule has 0 saturated carbocycles. The number of amides is 1. The fraction of sp³-hybridized carbons (Fsp3) is 0.348. The summed E-state index contributed by atoms with van der Waals surface area (Å²) in [6, 6.07) is 8.16. The topological polar surface area (TPSA) is 117 Å². The average Bonchev–Trinajstić information content (AvgIpc) is 3.39. The summed E-state index contributed by atoms with van der Waals surface area (Å²) in [5, 5.41) is 8.74. The number of thiophene rings is 1. The van der Waals surface area contributed by atoms with Crippen molar-refractivity contribution in [1.29, 1.82) is 0 Å². The van der Waals surface area contributed by atoms with E-state index < -0.39 is 17.6 Å². The van der Waals surface area contributed by atoms with Crippen LogP contribution in [0.2, 0.25) is 0 Å². The number of benzene rings is 1. The van der Waals surface area contributed by atoms with Crippen LogP contribution in [0, 0.1) is 5.92 Å². The van der Waals surface area contributed by atoms with Gasteiger partial charge in [0.15, 0.2) is 0 Å². The molecule has 0 saturated heterocycles. The molecule has 0 aliphatic carbocycles. The van der Waals surface area contributed by atoms with Crippen molar-refractivity contribution in [2.45, 2.75) is 40.3 Å². The molecule has 4 aromatic rings. The van der Waals surface area contributed by atoms with Gasteiger partial charge in [0.25, 0.3) is 5.56 Å². The largest absolute Gasteiger partial charge is 0.462 e. The van der Waals surface area contributed by atoms with E-state index in [2.05, 4.69) is 24.3 Å². The van der Waals surface area contributed by atoms with Crippen LogP contribution >= 0.6 is 11.3 Å². The first-order valence-electron chi connectivity index (χ1n) is 11.0. The van der Waals surface area contributed by atoms with Crippen LogP contribution < -0.4 is 16.6 Å². The SMILES string of the molecule is CCOC(=O)c1ccccc1NC(=O)Cn1nc2n(CCC(C)C)c(=O)c3sccc3n2c1=O. The van der Waals surface area contributed by atoms with Gasteiger partial charge in [0.1, 0.15) is 11.2 Å². The van der Waals surface area contributed by atoms with E-state index in [-0.39, 0.29) is 35.7 Å². The van der Waals surface area contributed by atoms with Gasteiger partial charge in [0.2, 0.25) is 11.7 Å². The minimum absolute atomic E-state index is 0.196. The fourth-order valence-electron chi connectivity index (χ4n) is 3.63. The molecule has 1 amide bonds. The number of aryl methyl sites for hydroxylation is 1. The normalized spacial score (nSPS) is 11.4. The number of hydrogen-bond acceptors (Lipinski definition) is 7. The van der Waals surface area contributed by atoms with E-state index in [4.69, 9.17) is 4.74 Å². The molecule has 0 radical (unpaired) electrons. The van der Waals surface area contributed by atoms with Gasteiger partial charge in [0, 0.05) is 6.54 Å². The molecule has 1 N–H and O–H groups in total. The Morgan fingerprint density at radius 3 is 2.68 bits per heavy atom. The van der Waals surface area contributed by atoms with Gasteiger partial charge in [-0.1, -0.05) is 26.0 Å². The third-order valence-corrected chi connectivity index (χ3v) is 6.20. The predicted octanol–water partition coefficient (Wildman–Crippen LogP) is 2.73. The number of anilines is 1. The number of hydrogen-bond donors (Lipinski definition) is 1. The maximum atomic E-state index is 13.2. The highest BCUT2D eigenvalue weighted by molar-refractivity contribution is 7.17. The Hall–Kier alpha value is -3.73. The standard InChI is InChI=1S/C23H25N5O5S/c1-4-33-21(31)15-7-5-6-8-16(15)24-18(29)13-27-23(32)28-17-10-12-34-19(17)20(30)26(22(28)25-27)11-9-14(2)3/h5-8,10,12,14H,4,9,11,13H2,1-3H3,(H,24,29). The van der Waals surface area contributed by atoms with E-state index in [1.165, 1.54) is 20.3 Å². The molecule has 0 aliphatic rings. The third kappa shape index (κ3) is 4.38. The predicted molar refractivity (Wildman–Crippen MR) is 130 cm³/mol.